The SMILES string of the molecule is Cc1ccnc(NCC(C)(C)O)c1Br. The molecule has 0 amide bonds. The number of nitrogens with zero attached hydrogens (tertiary/aromatic N) is 1. The first-order valence-electron chi connectivity index (χ1n) is 4.47. The number of aliphatic hydroxyl groups is 1. The highest BCUT2D eigenvalue weighted by Crippen LogP contribution is 2.23. The van der Waals surface area contributed by atoms with E-state index in [2.05, 4.69) is 26.2 Å². The number of anilines is 1. The molecule has 0 saturated heterocycles. The quantitative estimate of drug-likeness (QED) is 0.875. The van der Waals surface area contributed by atoms with Gasteiger partial charge in [0.25, 0.3) is 0 Å². The lowest BCUT2D eigenvalue weighted by Gasteiger charge is -2.18. The van der Waals surface area contributed by atoms with Crippen molar-refractivity contribution in [1.82, 2.24) is 4.98 Å². The summed E-state index contributed by atoms with van der Waals surface area (Å²) in [5.74, 6) is 0.770. The lowest BCUT2D eigenvalue weighted by atomic mass is 10.1. The van der Waals surface area contributed by atoms with E-state index >= 15 is 0 Å². The number of hydrogen-bond acceptors (Lipinski definition) is 3. The molecule has 0 saturated carbocycles. The summed E-state index contributed by atoms with van der Waals surface area (Å²) in [4.78, 5) is 4.17. The van der Waals surface area contributed by atoms with Gasteiger partial charge in [-0.2, -0.15) is 0 Å². The molecule has 1 aromatic heterocycles. The maximum absolute atomic E-state index is 9.53. The van der Waals surface area contributed by atoms with Gasteiger partial charge in [-0.05, 0) is 48.3 Å². The molecule has 0 atom stereocenters. The van der Waals surface area contributed by atoms with Crippen molar-refractivity contribution in [1.29, 1.82) is 0 Å². The zero-order chi connectivity index (χ0) is 10.8. The van der Waals surface area contributed by atoms with E-state index in [1.165, 1.54) is 0 Å². The molecule has 0 aromatic carbocycles. The molecule has 1 aromatic rings. The van der Waals surface area contributed by atoms with E-state index in [1.807, 2.05) is 13.0 Å². The van der Waals surface area contributed by atoms with Gasteiger partial charge >= 0.3 is 0 Å². The van der Waals surface area contributed by atoms with Crippen molar-refractivity contribution in [3.05, 3.63) is 22.3 Å². The third-order valence-corrected chi connectivity index (χ3v) is 2.77. The summed E-state index contributed by atoms with van der Waals surface area (Å²) < 4.78 is 0.948. The van der Waals surface area contributed by atoms with Gasteiger partial charge in [0.2, 0.25) is 0 Å². The molecule has 1 heterocycles. The zero-order valence-electron chi connectivity index (χ0n) is 8.63. The topological polar surface area (TPSA) is 45.2 Å². The summed E-state index contributed by atoms with van der Waals surface area (Å²) in [5.41, 5.74) is 0.392. The molecule has 14 heavy (non-hydrogen) atoms. The van der Waals surface area contributed by atoms with Crippen LogP contribution in [0.5, 0.6) is 0 Å². The van der Waals surface area contributed by atoms with Crippen LogP contribution in [-0.2, 0) is 0 Å². The normalized spacial score (nSPS) is 11.5. The average molecular weight is 259 g/mol. The van der Waals surface area contributed by atoms with E-state index in [-0.39, 0.29) is 0 Å². The highest BCUT2D eigenvalue weighted by Gasteiger charge is 2.13. The van der Waals surface area contributed by atoms with E-state index in [4.69, 9.17) is 0 Å². The molecule has 0 fully saturated rings. The van der Waals surface area contributed by atoms with Gasteiger partial charge in [0, 0.05) is 12.7 Å². The number of rotatable bonds is 3. The van der Waals surface area contributed by atoms with Crippen molar-refractivity contribution in [2.24, 2.45) is 0 Å². The van der Waals surface area contributed by atoms with Gasteiger partial charge in [0.05, 0.1) is 10.1 Å². The summed E-state index contributed by atoms with van der Waals surface area (Å²) in [6.07, 6.45) is 1.74. The molecule has 3 nitrogen and oxygen atoms in total. The number of aryl methyl sites for hydroxylation is 1. The van der Waals surface area contributed by atoms with Crippen LogP contribution in [-0.4, -0.2) is 22.2 Å². The number of aromatic nitrogens is 1. The Bertz CT molecular complexity index is 320. The fourth-order valence-corrected chi connectivity index (χ4v) is 1.34. The lowest BCUT2D eigenvalue weighted by molar-refractivity contribution is 0.0944. The van der Waals surface area contributed by atoms with Crippen LogP contribution in [0.3, 0.4) is 0 Å². The number of hydrogen-bond donors (Lipinski definition) is 2. The molecule has 0 spiro atoms. The number of pyridine rings is 1. The van der Waals surface area contributed by atoms with Crippen LogP contribution in [0.2, 0.25) is 0 Å². The molecule has 1 rings (SSSR count). The second-order valence-electron chi connectivity index (χ2n) is 3.96. The molecule has 78 valence electrons. The van der Waals surface area contributed by atoms with Crippen molar-refractivity contribution in [2.45, 2.75) is 26.4 Å². The first-order valence-corrected chi connectivity index (χ1v) is 5.27. The Morgan fingerprint density at radius 3 is 2.79 bits per heavy atom. The van der Waals surface area contributed by atoms with Crippen LogP contribution < -0.4 is 5.32 Å². The lowest BCUT2D eigenvalue weighted by Crippen LogP contribution is -2.29. The predicted molar refractivity (Wildman–Crippen MR) is 61.5 cm³/mol. The minimum Gasteiger partial charge on any atom is -0.389 e. The largest absolute Gasteiger partial charge is 0.389 e. The second kappa shape index (κ2) is 4.28. The van der Waals surface area contributed by atoms with Gasteiger partial charge in [-0.3, -0.25) is 0 Å². The van der Waals surface area contributed by atoms with Crippen LogP contribution >= 0.6 is 15.9 Å². The van der Waals surface area contributed by atoms with Crippen molar-refractivity contribution in [2.75, 3.05) is 11.9 Å². The molecule has 2 N–H and O–H groups in total. The molecule has 0 aliphatic carbocycles. The Labute approximate surface area is 92.7 Å². The first-order chi connectivity index (χ1) is 6.40. The van der Waals surface area contributed by atoms with Crippen molar-refractivity contribution in [3.63, 3.8) is 0 Å². The zero-order valence-corrected chi connectivity index (χ0v) is 10.2. The maximum Gasteiger partial charge on any atom is 0.140 e. The van der Waals surface area contributed by atoms with E-state index in [9.17, 15) is 5.11 Å². The predicted octanol–water partition coefficient (Wildman–Crippen LogP) is 2.34. The Hall–Kier alpha value is -0.610. The number of halogens is 1. The van der Waals surface area contributed by atoms with Crippen molar-refractivity contribution in [3.8, 4) is 0 Å². The molecule has 0 bridgehead atoms. The van der Waals surface area contributed by atoms with Gasteiger partial charge in [0.15, 0.2) is 0 Å². The van der Waals surface area contributed by atoms with Crippen LogP contribution in [0.25, 0.3) is 0 Å². The van der Waals surface area contributed by atoms with Crippen molar-refractivity contribution < 1.29 is 5.11 Å². The van der Waals surface area contributed by atoms with Gasteiger partial charge < -0.3 is 10.4 Å². The average Bonchev–Trinajstić information content (AvgIpc) is 2.06. The Balaban J connectivity index is 2.73. The standard InChI is InChI=1S/C10H15BrN2O/c1-7-4-5-12-9(8(7)11)13-6-10(2,3)14/h4-5,14H,6H2,1-3H3,(H,12,13). The van der Waals surface area contributed by atoms with Gasteiger partial charge in [-0.1, -0.05) is 0 Å². The molecular formula is C10H15BrN2O. The second-order valence-corrected chi connectivity index (χ2v) is 4.75. The summed E-state index contributed by atoms with van der Waals surface area (Å²) >= 11 is 3.44. The van der Waals surface area contributed by atoms with Crippen LogP contribution in [0, 0.1) is 6.92 Å². The Kier molecular flexibility index (Phi) is 3.50. The minimum absolute atomic E-state index is 0.474. The summed E-state index contributed by atoms with van der Waals surface area (Å²) in [6, 6.07) is 1.93. The van der Waals surface area contributed by atoms with Gasteiger partial charge in [-0.25, -0.2) is 4.98 Å². The molecular weight excluding hydrogens is 244 g/mol. The van der Waals surface area contributed by atoms with E-state index in [0.717, 1.165) is 15.9 Å². The molecule has 4 heteroatoms. The first kappa shape index (κ1) is 11.5. The van der Waals surface area contributed by atoms with Gasteiger partial charge in [-0.15, -0.1) is 0 Å². The van der Waals surface area contributed by atoms with E-state index < -0.39 is 5.60 Å². The Morgan fingerprint density at radius 1 is 1.57 bits per heavy atom. The fourth-order valence-electron chi connectivity index (χ4n) is 0.963. The summed E-state index contributed by atoms with van der Waals surface area (Å²) in [7, 11) is 0. The van der Waals surface area contributed by atoms with E-state index in [1.54, 1.807) is 20.0 Å². The van der Waals surface area contributed by atoms with Crippen LogP contribution in [0.4, 0.5) is 5.82 Å². The third-order valence-electron chi connectivity index (χ3n) is 1.77. The Morgan fingerprint density at radius 2 is 2.21 bits per heavy atom. The third kappa shape index (κ3) is 3.27. The molecule has 0 aliphatic heterocycles. The number of nitrogens with one attached hydrogen (secondary N) is 1. The molecule has 0 radical (unpaired) electrons. The highest BCUT2D eigenvalue weighted by atomic mass is 79.9. The van der Waals surface area contributed by atoms with Crippen LogP contribution in [0.1, 0.15) is 19.4 Å². The highest BCUT2D eigenvalue weighted by molar-refractivity contribution is 9.10. The van der Waals surface area contributed by atoms with Crippen LogP contribution in [0.15, 0.2) is 16.7 Å². The smallest absolute Gasteiger partial charge is 0.140 e. The fraction of sp³-hybridized carbons (Fsp3) is 0.500. The summed E-state index contributed by atoms with van der Waals surface area (Å²) in [6.45, 7) is 5.98. The minimum atomic E-state index is -0.731. The van der Waals surface area contributed by atoms with E-state index in [0.29, 0.717) is 6.54 Å². The molecule has 0 aliphatic rings. The monoisotopic (exact) mass is 258 g/mol. The van der Waals surface area contributed by atoms with Crippen molar-refractivity contribution >= 4 is 21.7 Å². The van der Waals surface area contributed by atoms with Gasteiger partial charge in [0.1, 0.15) is 5.82 Å². The molecule has 0 unspecified atom stereocenters. The summed E-state index contributed by atoms with van der Waals surface area (Å²) in [5, 5.41) is 12.6. The maximum atomic E-state index is 9.53.